The monoisotopic (exact) mass is 220 g/mol. The lowest BCUT2D eigenvalue weighted by atomic mass is 10.0. The molecule has 0 bridgehead atoms. The van der Waals surface area contributed by atoms with E-state index in [1.165, 1.54) is 5.57 Å². The van der Waals surface area contributed by atoms with E-state index in [4.69, 9.17) is 4.42 Å². The molecule has 0 saturated carbocycles. The van der Waals surface area contributed by atoms with Gasteiger partial charge >= 0.3 is 0 Å². The molecule has 1 aromatic heterocycles. The van der Waals surface area contributed by atoms with Crippen LogP contribution in [-0.4, -0.2) is 31.1 Å². The number of hydrogen-bond acceptors (Lipinski definition) is 3. The number of piperazine rings is 1. The number of nitrogens with zero attached hydrogens (tertiary/aromatic N) is 1. The van der Waals surface area contributed by atoms with Crippen molar-refractivity contribution >= 4 is 0 Å². The lowest BCUT2D eigenvalue weighted by Crippen LogP contribution is -2.45. The molecule has 88 valence electrons. The summed E-state index contributed by atoms with van der Waals surface area (Å²) in [5.41, 5.74) is 1.21. The zero-order valence-corrected chi connectivity index (χ0v) is 9.91. The topological polar surface area (TPSA) is 28.4 Å². The van der Waals surface area contributed by atoms with E-state index in [9.17, 15) is 0 Å². The van der Waals surface area contributed by atoms with Crippen LogP contribution in [0.3, 0.4) is 0 Å². The third-order valence-corrected chi connectivity index (χ3v) is 3.01. The smallest absolute Gasteiger partial charge is 0.121 e. The lowest BCUT2D eigenvalue weighted by molar-refractivity contribution is 0.153. The van der Waals surface area contributed by atoms with E-state index >= 15 is 0 Å². The Morgan fingerprint density at radius 1 is 1.56 bits per heavy atom. The van der Waals surface area contributed by atoms with Gasteiger partial charge in [0.15, 0.2) is 0 Å². The molecule has 1 N–H and O–H groups in total. The average molecular weight is 220 g/mol. The molecule has 2 heterocycles. The van der Waals surface area contributed by atoms with Gasteiger partial charge in [-0.3, -0.25) is 4.90 Å². The van der Waals surface area contributed by atoms with Crippen molar-refractivity contribution in [3.8, 4) is 0 Å². The normalized spacial score (nSPS) is 19.6. The highest BCUT2D eigenvalue weighted by Crippen LogP contribution is 2.27. The van der Waals surface area contributed by atoms with Crippen LogP contribution < -0.4 is 5.32 Å². The van der Waals surface area contributed by atoms with E-state index in [2.05, 4.69) is 29.8 Å². The van der Waals surface area contributed by atoms with Crippen molar-refractivity contribution in [1.29, 1.82) is 0 Å². The minimum atomic E-state index is 0.356. The summed E-state index contributed by atoms with van der Waals surface area (Å²) in [5.74, 6) is 1.06. The second-order valence-electron chi connectivity index (χ2n) is 4.48. The maximum absolute atomic E-state index is 5.55. The number of rotatable bonds is 4. The first-order valence-electron chi connectivity index (χ1n) is 5.90. The molecule has 0 spiro atoms. The predicted octanol–water partition coefficient (Wildman–Crippen LogP) is 2.19. The fourth-order valence-corrected chi connectivity index (χ4v) is 2.21. The van der Waals surface area contributed by atoms with Crippen LogP contribution in [0.5, 0.6) is 0 Å². The molecule has 2 rings (SSSR count). The van der Waals surface area contributed by atoms with Gasteiger partial charge in [-0.2, -0.15) is 0 Å². The molecule has 0 amide bonds. The van der Waals surface area contributed by atoms with E-state index in [-0.39, 0.29) is 0 Å². The second kappa shape index (κ2) is 5.32. The van der Waals surface area contributed by atoms with E-state index < -0.39 is 0 Å². The zero-order chi connectivity index (χ0) is 11.4. The Morgan fingerprint density at radius 2 is 2.31 bits per heavy atom. The molecule has 16 heavy (non-hydrogen) atoms. The summed E-state index contributed by atoms with van der Waals surface area (Å²) in [6, 6.07) is 4.38. The Balaban J connectivity index is 2.10. The summed E-state index contributed by atoms with van der Waals surface area (Å²) in [6.45, 7) is 10.4. The summed E-state index contributed by atoms with van der Waals surface area (Å²) >= 11 is 0. The maximum atomic E-state index is 5.55. The van der Waals surface area contributed by atoms with Gasteiger partial charge in [0.1, 0.15) is 5.76 Å². The third kappa shape index (κ3) is 2.74. The van der Waals surface area contributed by atoms with Crippen molar-refractivity contribution in [2.24, 2.45) is 0 Å². The Morgan fingerprint density at radius 3 is 2.88 bits per heavy atom. The highest BCUT2D eigenvalue weighted by Gasteiger charge is 2.23. The van der Waals surface area contributed by atoms with E-state index in [1.807, 2.05) is 6.07 Å². The van der Waals surface area contributed by atoms with Crippen LogP contribution in [0.1, 0.15) is 25.1 Å². The quantitative estimate of drug-likeness (QED) is 0.788. The number of furan rings is 1. The summed E-state index contributed by atoms with van der Waals surface area (Å²) in [6.07, 6.45) is 2.73. The molecule has 1 aromatic rings. The van der Waals surface area contributed by atoms with Gasteiger partial charge in [-0.1, -0.05) is 5.57 Å². The summed E-state index contributed by atoms with van der Waals surface area (Å²) < 4.78 is 5.55. The van der Waals surface area contributed by atoms with Gasteiger partial charge in [0, 0.05) is 26.2 Å². The molecule has 0 unspecified atom stereocenters. The molecule has 3 nitrogen and oxygen atoms in total. The van der Waals surface area contributed by atoms with Gasteiger partial charge in [-0.15, -0.1) is 6.58 Å². The second-order valence-corrected chi connectivity index (χ2v) is 4.48. The van der Waals surface area contributed by atoms with Crippen LogP contribution >= 0.6 is 0 Å². The van der Waals surface area contributed by atoms with Crippen molar-refractivity contribution < 1.29 is 4.42 Å². The Kier molecular flexibility index (Phi) is 3.80. The minimum absolute atomic E-state index is 0.356. The van der Waals surface area contributed by atoms with Gasteiger partial charge in [-0.25, -0.2) is 0 Å². The fraction of sp³-hybridized carbons (Fsp3) is 0.538. The van der Waals surface area contributed by atoms with Crippen LogP contribution in [-0.2, 0) is 0 Å². The maximum Gasteiger partial charge on any atom is 0.121 e. The van der Waals surface area contributed by atoms with Crippen LogP contribution in [0.15, 0.2) is 35.0 Å². The molecule has 1 atom stereocenters. The Hall–Kier alpha value is -1.06. The van der Waals surface area contributed by atoms with Gasteiger partial charge in [0.05, 0.1) is 12.3 Å². The number of hydrogen-bond donors (Lipinski definition) is 1. The largest absolute Gasteiger partial charge is 0.468 e. The predicted molar refractivity (Wildman–Crippen MR) is 65.3 cm³/mol. The van der Waals surface area contributed by atoms with Crippen LogP contribution in [0.2, 0.25) is 0 Å². The van der Waals surface area contributed by atoms with E-state index in [1.54, 1.807) is 6.26 Å². The van der Waals surface area contributed by atoms with Crippen molar-refractivity contribution in [1.82, 2.24) is 10.2 Å². The van der Waals surface area contributed by atoms with E-state index in [0.717, 1.165) is 38.4 Å². The Labute approximate surface area is 97.1 Å². The zero-order valence-electron chi connectivity index (χ0n) is 9.91. The van der Waals surface area contributed by atoms with Crippen LogP contribution in [0, 0.1) is 0 Å². The summed E-state index contributed by atoms with van der Waals surface area (Å²) in [7, 11) is 0. The van der Waals surface area contributed by atoms with Crippen LogP contribution in [0.25, 0.3) is 0 Å². The van der Waals surface area contributed by atoms with Crippen molar-refractivity contribution in [2.75, 3.05) is 26.2 Å². The summed E-state index contributed by atoms with van der Waals surface area (Å²) in [5, 5.41) is 3.37. The average Bonchev–Trinajstić information content (AvgIpc) is 2.80. The molecule has 1 aliphatic rings. The Bertz CT molecular complexity index is 326. The highest BCUT2D eigenvalue weighted by molar-refractivity contribution is 5.09. The summed E-state index contributed by atoms with van der Waals surface area (Å²) in [4.78, 5) is 2.48. The highest BCUT2D eigenvalue weighted by atomic mass is 16.3. The van der Waals surface area contributed by atoms with Gasteiger partial charge in [0.25, 0.3) is 0 Å². The third-order valence-electron chi connectivity index (χ3n) is 3.01. The van der Waals surface area contributed by atoms with Gasteiger partial charge < -0.3 is 9.73 Å². The number of nitrogens with one attached hydrogen (secondary N) is 1. The first-order chi connectivity index (χ1) is 7.77. The first-order valence-corrected chi connectivity index (χ1v) is 5.90. The first kappa shape index (κ1) is 11.4. The fourth-order valence-electron chi connectivity index (χ4n) is 2.21. The molecule has 0 radical (unpaired) electrons. The molecule has 1 aliphatic heterocycles. The molecule has 3 heteroatoms. The van der Waals surface area contributed by atoms with Gasteiger partial charge in [0.2, 0.25) is 0 Å². The lowest BCUT2D eigenvalue weighted by Gasteiger charge is -2.33. The molecule has 1 fully saturated rings. The SMILES string of the molecule is C=C(C)C[C@@H](c1ccco1)N1CCNCC1. The molecular weight excluding hydrogens is 200 g/mol. The molecule has 0 aliphatic carbocycles. The van der Waals surface area contributed by atoms with Crippen molar-refractivity contribution in [2.45, 2.75) is 19.4 Å². The van der Waals surface area contributed by atoms with Crippen molar-refractivity contribution in [3.63, 3.8) is 0 Å². The molecule has 0 aromatic carbocycles. The molecular formula is C13H20N2O. The molecule has 1 saturated heterocycles. The van der Waals surface area contributed by atoms with Gasteiger partial charge in [-0.05, 0) is 25.5 Å². The standard InChI is InChI=1S/C13H20N2O/c1-11(2)10-12(13-4-3-9-16-13)15-7-5-14-6-8-15/h3-4,9,12,14H,1,5-8,10H2,2H3/t12-/m0/s1. The van der Waals surface area contributed by atoms with Crippen LogP contribution in [0.4, 0.5) is 0 Å². The van der Waals surface area contributed by atoms with E-state index in [0.29, 0.717) is 6.04 Å². The minimum Gasteiger partial charge on any atom is -0.468 e. The van der Waals surface area contributed by atoms with Crippen molar-refractivity contribution in [3.05, 3.63) is 36.3 Å².